The van der Waals surface area contributed by atoms with Crippen LogP contribution in [0.5, 0.6) is 11.5 Å². The van der Waals surface area contributed by atoms with Crippen LogP contribution in [0.1, 0.15) is 31.2 Å². The fourth-order valence-electron chi connectivity index (χ4n) is 3.49. The fraction of sp³-hybridized carbons (Fsp3) is 0.400. The normalized spacial score (nSPS) is 19.3. The summed E-state index contributed by atoms with van der Waals surface area (Å²) in [4.78, 5) is 8.62. The average Bonchev–Trinajstić information content (AvgIpc) is 3.12. The second-order valence-corrected chi connectivity index (χ2v) is 8.46. The minimum atomic E-state index is -0.339. The number of aliphatic hydroxyl groups is 1. The molecule has 1 unspecified atom stereocenters. The fourth-order valence-corrected chi connectivity index (χ4v) is 4.63. The number of nitrogens with two attached hydrogens (primary N) is 1. The number of pyridine rings is 1. The zero-order valence-corrected chi connectivity index (χ0v) is 17.6. The van der Waals surface area contributed by atoms with Gasteiger partial charge in [-0.1, -0.05) is 35.8 Å². The van der Waals surface area contributed by atoms with Crippen molar-refractivity contribution in [3.05, 3.63) is 35.0 Å². The van der Waals surface area contributed by atoms with Crippen molar-refractivity contribution in [2.75, 3.05) is 18.2 Å². The van der Waals surface area contributed by atoms with Crippen molar-refractivity contribution in [3.8, 4) is 11.5 Å². The van der Waals surface area contributed by atoms with E-state index in [1.54, 1.807) is 25.4 Å². The topological polar surface area (TPSA) is 103 Å². The van der Waals surface area contributed by atoms with Crippen LogP contribution in [-0.2, 0) is 6.61 Å². The maximum absolute atomic E-state index is 10.2. The number of benzene rings is 1. The summed E-state index contributed by atoms with van der Waals surface area (Å²) in [5, 5.41) is 14.8. The van der Waals surface area contributed by atoms with E-state index in [-0.39, 0.29) is 24.6 Å². The number of nitrogens with one attached hydrogen (secondary N) is 1. The maximum Gasteiger partial charge on any atom is 0.184 e. The number of thiazole rings is 1. The standard InChI is InChI=1S/C20H23ClN4O3S/c1-27-15-8-12(28-10-11-6-7-23-19(22)17(11)21)9-16-18(15)25-20(29-16)24-13-4-2-3-5-14(13)26/h6-9,13-14,26H,2-5,10H2,1H3,(H2,22,23)(H,24,25)/t13?,14-/m1/s1. The maximum atomic E-state index is 10.2. The Balaban J connectivity index is 1.55. The Kier molecular flexibility index (Phi) is 5.94. The van der Waals surface area contributed by atoms with Gasteiger partial charge in [-0.05, 0) is 25.0 Å². The highest BCUT2D eigenvalue weighted by molar-refractivity contribution is 7.22. The first-order valence-electron chi connectivity index (χ1n) is 9.50. The lowest BCUT2D eigenvalue weighted by Gasteiger charge is -2.27. The molecule has 3 aromatic rings. The summed E-state index contributed by atoms with van der Waals surface area (Å²) in [5.41, 5.74) is 7.28. The molecule has 1 aromatic carbocycles. The zero-order valence-electron chi connectivity index (χ0n) is 16.0. The molecule has 4 N–H and O–H groups in total. The summed E-state index contributed by atoms with van der Waals surface area (Å²) in [6.45, 7) is 0.262. The molecule has 0 aliphatic heterocycles. The van der Waals surface area contributed by atoms with Gasteiger partial charge in [-0.15, -0.1) is 0 Å². The summed E-state index contributed by atoms with van der Waals surface area (Å²) < 4.78 is 12.4. The molecule has 4 rings (SSSR count). The Morgan fingerprint density at radius 2 is 2.17 bits per heavy atom. The minimum absolute atomic E-state index is 0.0327. The Morgan fingerprint density at radius 1 is 1.34 bits per heavy atom. The van der Waals surface area contributed by atoms with Crippen molar-refractivity contribution >= 4 is 44.1 Å². The van der Waals surface area contributed by atoms with Crippen LogP contribution < -0.4 is 20.5 Å². The number of nitrogen functional groups attached to an aromatic ring is 1. The first-order valence-corrected chi connectivity index (χ1v) is 10.7. The first-order chi connectivity index (χ1) is 14.0. The van der Waals surface area contributed by atoms with Crippen molar-refractivity contribution in [1.82, 2.24) is 9.97 Å². The molecule has 1 fully saturated rings. The summed E-state index contributed by atoms with van der Waals surface area (Å²) in [6.07, 6.45) is 5.22. The number of nitrogens with zero attached hydrogens (tertiary/aromatic N) is 2. The minimum Gasteiger partial charge on any atom is -0.494 e. The van der Waals surface area contributed by atoms with E-state index in [0.717, 1.165) is 46.6 Å². The van der Waals surface area contributed by atoms with Gasteiger partial charge in [0.15, 0.2) is 5.13 Å². The second-order valence-electron chi connectivity index (χ2n) is 7.05. The molecule has 2 aromatic heterocycles. The van der Waals surface area contributed by atoms with Gasteiger partial charge in [0.2, 0.25) is 0 Å². The number of hydrogen-bond acceptors (Lipinski definition) is 8. The summed E-state index contributed by atoms with van der Waals surface area (Å²) in [6, 6.07) is 5.54. The van der Waals surface area contributed by atoms with E-state index >= 15 is 0 Å². The number of rotatable bonds is 6. The van der Waals surface area contributed by atoms with E-state index in [0.29, 0.717) is 16.5 Å². The number of aromatic nitrogens is 2. The molecule has 1 aliphatic rings. The predicted octanol–water partition coefficient (Wildman–Crippen LogP) is 4.23. The molecule has 9 heteroatoms. The van der Waals surface area contributed by atoms with Gasteiger partial charge in [0, 0.05) is 17.8 Å². The Bertz CT molecular complexity index is 1010. The first kappa shape index (κ1) is 20.0. The van der Waals surface area contributed by atoms with Crippen LogP contribution in [0.15, 0.2) is 24.4 Å². The van der Waals surface area contributed by atoms with Crippen LogP contribution in [-0.4, -0.2) is 34.3 Å². The van der Waals surface area contributed by atoms with Gasteiger partial charge in [-0.2, -0.15) is 0 Å². The van der Waals surface area contributed by atoms with Gasteiger partial charge in [0.05, 0.1) is 29.0 Å². The van der Waals surface area contributed by atoms with Crippen molar-refractivity contribution in [3.63, 3.8) is 0 Å². The number of aliphatic hydroxyl groups excluding tert-OH is 1. The number of hydrogen-bond donors (Lipinski definition) is 3. The van der Waals surface area contributed by atoms with E-state index < -0.39 is 0 Å². The molecular formula is C20H23ClN4O3S. The monoisotopic (exact) mass is 434 g/mol. The quantitative estimate of drug-likeness (QED) is 0.533. The molecule has 0 saturated heterocycles. The van der Waals surface area contributed by atoms with Gasteiger partial charge in [-0.25, -0.2) is 9.97 Å². The van der Waals surface area contributed by atoms with E-state index in [1.165, 1.54) is 11.3 Å². The Morgan fingerprint density at radius 3 is 2.97 bits per heavy atom. The third kappa shape index (κ3) is 4.34. The highest BCUT2D eigenvalue weighted by Crippen LogP contribution is 2.37. The van der Waals surface area contributed by atoms with Gasteiger partial charge < -0.3 is 25.6 Å². The molecule has 2 atom stereocenters. The molecule has 2 heterocycles. The van der Waals surface area contributed by atoms with Gasteiger partial charge in [-0.3, -0.25) is 0 Å². The lowest BCUT2D eigenvalue weighted by molar-refractivity contribution is 0.116. The SMILES string of the molecule is COc1cc(OCc2ccnc(N)c2Cl)cc2sc(NC3CCCC[C@H]3O)nc12. The van der Waals surface area contributed by atoms with E-state index in [9.17, 15) is 5.11 Å². The summed E-state index contributed by atoms with van der Waals surface area (Å²) in [5.74, 6) is 1.56. The number of fused-ring (bicyclic) bond motifs is 1. The lowest BCUT2D eigenvalue weighted by Crippen LogP contribution is -2.36. The largest absolute Gasteiger partial charge is 0.494 e. The van der Waals surface area contributed by atoms with Crippen molar-refractivity contribution in [2.45, 2.75) is 44.4 Å². The van der Waals surface area contributed by atoms with Crippen LogP contribution in [0.25, 0.3) is 10.2 Å². The smallest absolute Gasteiger partial charge is 0.184 e. The van der Waals surface area contributed by atoms with Gasteiger partial charge in [0.1, 0.15) is 29.4 Å². The number of ether oxygens (including phenoxy) is 2. The van der Waals surface area contributed by atoms with Crippen LogP contribution in [0.3, 0.4) is 0 Å². The number of anilines is 2. The van der Waals surface area contributed by atoms with Crippen molar-refractivity contribution < 1.29 is 14.6 Å². The third-order valence-corrected chi connectivity index (χ3v) is 6.45. The summed E-state index contributed by atoms with van der Waals surface area (Å²) in [7, 11) is 1.61. The molecule has 0 radical (unpaired) electrons. The zero-order chi connectivity index (χ0) is 20.4. The van der Waals surface area contributed by atoms with Gasteiger partial charge >= 0.3 is 0 Å². The molecule has 29 heavy (non-hydrogen) atoms. The molecule has 7 nitrogen and oxygen atoms in total. The van der Waals surface area contributed by atoms with Crippen LogP contribution in [0.4, 0.5) is 10.9 Å². The molecule has 0 amide bonds. The predicted molar refractivity (Wildman–Crippen MR) is 116 cm³/mol. The van der Waals surface area contributed by atoms with Crippen molar-refractivity contribution in [2.24, 2.45) is 0 Å². The molecule has 154 valence electrons. The highest BCUT2D eigenvalue weighted by atomic mass is 35.5. The van der Waals surface area contributed by atoms with Crippen LogP contribution in [0.2, 0.25) is 5.02 Å². The summed E-state index contributed by atoms with van der Waals surface area (Å²) >= 11 is 7.71. The molecule has 0 bridgehead atoms. The molecular weight excluding hydrogens is 412 g/mol. The molecule has 1 saturated carbocycles. The average molecular weight is 435 g/mol. The highest BCUT2D eigenvalue weighted by Gasteiger charge is 2.24. The van der Waals surface area contributed by atoms with Crippen LogP contribution >= 0.6 is 22.9 Å². The molecule has 0 spiro atoms. The number of methoxy groups -OCH3 is 1. The number of halogens is 1. The molecule has 1 aliphatic carbocycles. The lowest BCUT2D eigenvalue weighted by atomic mass is 9.93. The van der Waals surface area contributed by atoms with Gasteiger partial charge in [0.25, 0.3) is 0 Å². The third-order valence-electron chi connectivity index (χ3n) is 5.08. The van der Waals surface area contributed by atoms with E-state index in [4.69, 9.17) is 26.8 Å². The Hall–Kier alpha value is -2.29. The Labute approximate surface area is 177 Å². The van der Waals surface area contributed by atoms with E-state index in [1.807, 2.05) is 6.07 Å². The van der Waals surface area contributed by atoms with Crippen molar-refractivity contribution in [1.29, 1.82) is 0 Å². The van der Waals surface area contributed by atoms with Crippen LogP contribution in [0, 0.1) is 0 Å². The van der Waals surface area contributed by atoms with E-state index in [2.05, 4.69) is 15.3 Å². The second kappa shape index (κ2) is 8.61.